The van der Waals surface area contributed by atoms with E-state index in [0.717, 1.165) is 12.1 Å². The van der Waals surface area contributed by atoms with Crippen molar-refractivity contribution in [1.29, 1.82) is 5.26 Å². The Labute approximate surface area is 142 Å². The van der Waals surface area contributed by atoms with Crippen molar-refractivity contribution < 1.29 is 18.3 Å². The minimum Gasteiger partial charge on any atom is -0.456 e. The smallest absolute Gasteiger partial charge is 0.338 e. The number of carbonyl (C=O) groups excluding carboxylic acids is 1. The molecule has 0 aliphatic rings. The molecule has 0 aliphatic carbocycles. The molecule has 0 unspecified atom stereocenters. The van der Waals surface area contributed by atoms with Crippen LogP contribution in [0.1, 0.15) is 42.4 Å². The van der Waals surface area contributed by atoms with Gasteiger partial charge in [-0.1, -0.05) is 0 Å². The molecule has 2 aromatic rings. The highest BCUT2D eigenvalue weighted by Crippen LogP contribution is 2.29. The fraction of sp³-hybridized carbons (Fsp3) is 0.278. The lowest BCUT2D eigenvalue weighted by molar-refractivity contribution is 0.00685. The lowest BCUT2D eigenvalue weighted by Gasteiger charge is -2.19. The topological polar surface area (TPSA) is 82.9 Å². The SMILES string of the molecule is Cc1cc(-c2c(F)cc(C(=O)OC(C)(C)C)cc2F)c(C#N)c(=O)[nH]1. The van der Waals surface area contributed by atoms with Crippen LogP contribution in [-0.4, -0.2) is 16.6 Å². The Kier molecular flexibility index (Phi) is 4.75. The summed E-state index contributed by atoms with van der Waals surface area (Å²) in [4.78, 5) is 26.2. The molecule has 1 heterocycles. The van der Waals surface area contributed by atoms with Gasteiger partial charge in [0.2, 0.25) is 0 Å². The number of hydrogen-bond donors (Lipinski definition) is 1. The summed E-state index contributed by atoms with van der Waals surface area (Å²) in [5.74, 6) is -3.01. The normalized spacial score (nSPS) is 11.1. The van der Waals surface area contributed by atoms with E-state index in [9.17, 15) is 18.4 Å². The number of hydrogen-bond acceptors (Lipinski definition) is 4. The molecule has 2 rings (SSSR count). The highest BCUT2D eigenvalue weighted by atomic mass is 19.1. The maximum absolute atomic E-state index is 14.5. The highest BCUT2D eigenvalue weighted by Gasteiger charge is 2.23. The van der Waals surface area contributed by atoms with Gasteiger partial charge in [-0.3, -0.25) is 4.79 Å². The summed E-state index contributed by atoms with van der Waals surface area (Å²) >= 11 is 0. The molecule has 1 N–H and O–H groups in total. The number of carbonyl (C=O) groups is 1. The van der Waals surface area contributed by atoms with Gasteiger partial charge in [-0.2, -0.15) is 5.26 Å². The Hall–Kier alpha value is -3.01. The quantitative estimate of drug-likeness (QED) is 0.844. The first-order valence-corrected chi connectivity index (χ1v) is 7.40. The summed E-state index contributed by atoms with van der Waals surface area (Å²) in [6, 6.07) is 4.59. The van der Waals surface area contributed by atoms with Crippen LogP contribution in [0, 0.1) is 29.9 Å². The van der Waals surface area contributed by atoms with Gasteiger partial charge in [-0.15, -0.1) is 0 Å². The zero-order chi connectivity index (χ0) is 18.9. The Morgan fingerprint density at radius 2 is 1.76 bits per heavy atom. The average Bonchev–Trinajstić information content (AvgIpc) is 2.44. The van der Waals surface area contributed by atoms with E-state index in [1.807, 2.05) is 0 Å². The molecule has 0 amide bonds. The third-order valence-electron chi connectivity index (χ3n) is 3.23. The van der Waals surface area contributed by atoms with Crippen LogP contribution in [0.5, 0.6) is 0 Å². The van der Waals surface area contributed by atoms with Crippen LogP contribution in [0.3, 0.4) is 0 Å². The van der Waals surface area contributed by atoms with E-state index >= 15 is 0 Å². The summed E-state index contributed by atoms with van der Waals surface area (Å²) in [6.45, 7) is 6.41. The molecular weight excluding hydrogens is 330 g/mol. The average molecular weight is 346 g/mol. The summed E-state index contributed by atoms with van der Waals surface area (Å²) < 4.78 is 34.1. The Morgan fingerprint density at radius 1 is 1.20 bits per heavy atom. The number of aromatic nitrogens is 1. The van der Waals surface area contributed by atoms with Crippen molar-refractivity contribution in [3.63, 3.8) is 0 Å². The van der Waals surface area contributed by atoms with Gasteiger partial charge in [0.15, 0.2) is 0 Å². The van der Waals surface area contributed by atoms with Gasteiger partial charge < -0.3 is 9.72 Å². The number of esters is 1. The molecule has 0 saturated heterocycles. The number of nitriles is 1. The third-order valence-corrected chi connectivity index (χ3v) is 3.23. The number of rotatable bonds is 2. The number of benzene rings is 1. The molecule has 0 spiro atoms. The van der Waals surface area contributed by atoms with E-state index < -0.39 is 39.9 Å². The standard InChI is InChI=1S/C18H16F2N2O3/c1-9-5-11(12(8-21)16(23)22-9)15-13(19)6-10(7-14(15)20)17(24)25-18(2,3)4/h5-7H,1-4H3,(H,22,23). The molecule has 0 radical (unpaired) electrons. The lowest BCUT2D eigenvalue weighted by Crippen LogP contribution is -2.24. The predicted octanol–water partition coefficient (Wildman–Crippen LogP) is 3.46. The monoisotopic (exact) mass is 346 g/mol. The van der Waals surface area contributed by atoms with Crippen molar-refractivity contribution >= 4 is 5.97 Å². The summed E-state index contributed by atoms with van der Waals surface area (Å²) in [7, 11) is 0. The van der Waals surface area contributed by atoms with Crippen molar-refractivity contribution in [1.82, 2.24) is 4.98 Å². The fourth-order valence-corrected chi connectivity index (χ4v) is 2.28. The summed E-state index contributed by atoms with van der Waals surface area (Å²) in [5.41, 5.74) is -2.64. The first-order valence-electron chi connectivity index (χ1n) is 7.40. The molecule has 0 fully saturated rings. The van der Waals surface area contributed by atoms with Crippen LogP contribution in [0.4, 0.5) is 8.78 Å². The molecule has 1 aromatic heterocycles. The van der Waals surface area contributed by atoms with Gasteiger partial charge in [0.25, 0.3) is 5.56 Å². The second-order valence-electron chi connectivity index (χ2n) is 6.50. The number of nitrogens with zero attached hydrogens (tertiary/aromatic N) is 1. The minimum atomic E-state index is -1.07. The zero-order valence-electron chi connectivity index (χ0n) is 14.2. The number of aromatic amines is 1. The zero-order valence-corrected chi connectivity index (χ0v) is 14.2. The van der Waals surface area contributed by atoms with Gasteiger partial charge in [-0.05, 0) is 45.9 Å². The van der Waals surface area contributed by atoms with E-state index in [1.54, 1.807) is 26.8 Å². The second-order valence-corrected chi connectivity index (χ2v) is 6.50. The van der Waals surface area contributed by atoms with Gasteiger partial charge in [-0.25, -0.2) is 13.6 Å². The van der Waals surface area contributed by atoms with Crippen molar-refractivity contribution in [3.05, 3.63) is 57.0 Å². The predicted molar refractivity (Wildman–Crippen MR) is 87.0 cm³/mol. The van der Waals surface area contributed by atoms with Crippen LogP contribution in [-0.2, 0) is 4.74 Å². The number of halogens is 2. The van der Waals surface area contributed by atoms with E-state index in [1.165, 1.54) is 13.0 Å². The number of H-pyrrole nitrogens is 1. The molecule has 5 nitrogen and oxygen atoms in total. The largest absolute Gasteiger partial charge is 0.456 e. The third kappa shape index (κ3) is 3.91. The lowest BCUT2D eigenvalue weighted by atomic mass is 9.98. The molecule has 130 valence electrons. The van der Waals surface area contributed by atoms with Crippen LogP contribution in [0.2, 0.25) is 0 Å². The molecular formula is C18H16F2N2O3. The van der Waals surface area contributed by atoms with Gasteiger partial charge in [0.1, 0.15) is 28.9 Å². The number of nitrogens with one attached hydrogen (secondary N) is 1. The highest BCUT2D eigenvalue weighted by molar-refractivity contribution is 5.90. The molecule has 25 heavy (non-hydrogen) atoms. The summed E-state index contributed by atoms with van der Waals surface area (Å²) in [6.07, 6.45) is 0. The number of ether oxygens (including phenoxy) is 1. The number of aryl methyl sites for hydroxylation is 1. The minimum absolute atomic E-state index is 0.172. The Morgan fingerprint density at radius 3 is 2.24 bits per heavy atom. The Bertz CT molecular complexity index is 927. The maximum Gasteiger partial charge on any atom is 0.338 e. The van der Waals surface area contributed by atoms with E-state index in [2.05, 4.69) is 4.98 Å². The van der Waals surface area contributed by atoms with Crippen LogP contribution < -0.4 is 5.56 Å². The van der Waals surface area contributed by atoms with Crippen molar-refractivity contribution in [3.8, 4) is 17.2 Å². The van der Waals surface area contributed by atoms with Crippen LogP contribution in [0.25, 0.3) is 11.1 Å². The second kappa shape index (κ2) is 6.48. The molecule has 0 atom stereocenters. The molecule has 7 heteroatoms. The fourth-order valence-electron chi connectivity index (χ4n) is 2.28. The first kappa shape index (κ1) is 18.3. The number of pyridine rings is 1. The van der Waals surface area contributed by atoms with Gasteiger partial charge in [0, 0.05) is 11.3 Å². The van der Waals surface area contributed by atoms with Gasteiger partial charge >= 0.3 is 5.97 Å². The molecule has 0 saturated carbocycles. The van der Waals surface area contributed by atoms with E-state index in [-0.39, 0.29) is 11.1 Å². The molecule has 1 aromatic carbocycles. The van der Waals surface area contributed by atoms with E-state index in [0.29, 0.717) is 5.69 Å². The first-order chi connectivity index (χ1) is 11.5. The van der Waals surface area contributed by atoms with Crippen molar-refractivity contribution in [2.75, 3.05) is 0 Å². The summed E-state index contributed by atoms with van der Waals surface area (Å²) in [5, 5.41) is 9.11. The van der Waals surface area contributed by atoms with Crippen LogP contribution >= 0.6 is 0 Å². The van der Waals surface area contributed by atoms with Crippen molar-refractivity contribution in [2.45, 2.75) is 33.3 Å². The molecule has 0 aliphatic heterocycles. The van der Waals surface area contributed by atoms with Crippen LogP contribution in [0.15, 0.2) is 23.0 Å². The Balaban J connectivity index is 2.63. The van der Waals surface area contributed by atoms with Crippen molar-refractivity contribution in [2.24, 2.45) is 0 Å². The maximum atomic E-state index is 14.5. The van der Waals surface area contributed by atoms with E-state index in [4.69, 9.17) is 10.00 Å². The molecule has 0 bridgehead atoms. The van der Waals surface area contributed by atoms with Gasteiger partial charge in [0.05, 0.1) is 11.1 Å².